The van der Waals surface area contributed by atoms with Crippen molar-refractivity contribution in [2.24, 2.45) is 0 Å². The van der Waals surface area contributed by atoms with E-state index in [1.54, 1.807) is 4.90 Å². The number of carbonyl (C=O) groups is 1. The Balaban J connectivity index is 1.71. The summed E-state index contributed by atoms with van der Waals surface area (Å²) in [6, 6.07) is 7.56. The second kappa shape index (κ2) is 9.98. The van der Waals surface area contributed by atoms with Gasteiger partial charge in [-0.15, -0.1) is 0 Å². The van der Waals surface area contributed by atoms with E-state index >= 15 is 0 Å². The molecule has 1 aliphatic rings. The number of nitrogens with zero attached hydrogens (tertiary/aromatic N) is 3. The Kier molecular flexibility index (Phi) is 7.35. The summed E-state index contributed by atoms with van der Waals surface area (Å²) < 4.78 is 40.3. The molecule has 1 aromatic carbocycles. The van der Waals surface area contributed by atoms with Crippen LogP contribution in [0.3, 0.4) is 0 Å². The molecule has 2 aromatic rings. The number of hydrogen-bond acceptors (Lipinski definition) is 5. The quantitative estimate of drug-likeness (QED) is 0.560. The molecule has 9 heteroatoms. The van der Waals surface area contributed by atoms with E-state index < -0.39 is 11.7 Å². The number of para-hydroxylation sites is 1. The number of aromatic nitrogens is 2. The van der Waals surface area contributed by atoms with Crippen molar-refractivity contribution in [1.29, 1.82) is 0 Å². The largest absolute Gasteiger partial charge is 0.421 e. The van der Waals surface area contributed by atoms with Crippen molar-refractivity contribution in [1.82, 2.24) is 14.9 Å². The average Bonchev–Trinajstić information content (AvgIpc) is 2.72. The summed E-state index contributed by atoms with van der Waals surface area (Å²) in [5.41, 5.74) is 0.864. The van der Waals surface area contributed by atoms with Gasteiger partial charge in [-0.3, -0.25) is 4.79 Å². The maximum Gasteiger partial charge on any atom is 0.421 e. The molecule has 1 saturated heterocycles. The zero-order valence-corrected chi connectivity index (χ0v) is 17.8. The molecule has 1 aromatic heterocycles. The van der Waals surface area contributed by atoms with Gasteiger partial charge < -0.3 is 15.5 Å². The van der Waals surface area contributed by atoms with E-state index in [4.69, 9.17) is 0 Å². The molecule has 1 fully saturated rings. The smallest absolute Gasteiger partial charge is 0.369 e. The number of alkyl halides is 3. The fraction of sp³-hybridized carbons (Fsp3) is 0.500. The molecule has 1 aliphatic heterocycles. The van der Waals surface area contributed by atoms with Crippen LogP contribution < -0.4 is 10.6 Å². The van der Waals surface area contributed by atoms with Gasteiger partial charge in [-0.25, -0.2) is 4.98 Å². The van der Waals surface area contributed by atoms with Crippen molar-refractivity contribution in [3.63, 3.8) is 0 Å². The second-order valence-electron chi connectivity index (χ2n) is 7.94. The van der Waals surface area contributed by atoms with Gasteiger partial charge >= 0.3 is 6.18 Å². The molecular formula is C22H28F3N5O. The molecular weight excluding hydrogens is 407 g/mol. The van der Waals surface area contributed by atoms with Crippen LogP contribution in [0.15, 0.2) is 30.5 Å². The predicted octanol–water partition coefficient (Wildman–Crippen LogP) is 5.18. The molecule has 168 valence electrons. The van der Waals surface area contributed by atoms with Gasteiger partial charge in [0, 0.05) is 37.9 Å². The van der Waals surface area contributed by atoms with Crippen molar-refractivity contribution in [3.8, 4) is 0 Å². The van der Waals surface area contributed by atoms with Crippen LogP contribution in [0.4, 0.5) is 30.6 Å². The Hall–Kier alpha value is -2.84. The zero-order chi connectivity index (χ0) is 22.4. The summed E-state index contributed by atoms with van der Waals surface area (Å²) in [6.07, 6.45) is -0.824. The van der Waals surface area contributed by atoms with Gasteiger partial charge in [-0.2, -0.15) is 18.2 Å². The highest BCUT2D eigenvalue weighted by Gasteiger charge is 2.35. The number of rotatable bonds is 8. The van der Waals surface area contributed by atoms with Crippen LogP contribution in [0.25, 0.3) is 0 Å². The van der Waals surface area contributed by atoms with Crippen molar-refractivity contribution in [2.75, 3.05) is 30.3 Å². The van der Waals surface area contributed by atoms with Crippen molar-refractivity contribution in [3.05, 3.63) is 41.6 Å². The number of carbonyl (C=O) groups excluding carboxylic acids is 1. The summed E-state index contributed by atoms with van der Waals surface area (Å²) in [7, 11) is 0. The first-order valence-electron chi connectivity index (χ1n) is 10.6. The highest BCUT2D eigenvalue weighted by molar-refractivity contribution is 5.76. The van der Waals surface area contributed by atoms with Crippen molar-refractivity contribution in [2.45, 2.75) is 51.6 Å². The minimum absolute atomic E-state index is 0.0924. The zero-order valence-electron chi connectivity index (χ0n) is 17.8. The number of likely N-dealkylation sites (tertiary alicyclic amines) is 1. The van der Waals surface area contributed by atoms with Crippen LogP contribution in [0.5, 0.6) is 0 Å². The number of benzene rings is 1. The van der Waals surface area contributed by atoms with Gasteiger partial charge in [0.2, 0.25) is 11.9 Å². The van der Waals surface area contributed by atoms with Gasteiger partial charge in [-0.05, 0) is 36.8 Å². The third kappa shape index (κ3) is 6.08. The lowest BCUT2D eigenvalue weighted by molar-refractivity contribution is -0.137. The third-order valence-corrected chi connectivity index (χ3v) is 5.24. The van der Waals surface area contributed by atoms with Gasteiger partial charge in [0.15, 0.2) is 0 Å². The second-order valence-corrected chi connectivity index (χ2v) is 7.94. The number of halogens is 3. The number of nitrogens with one attached hydrogen (secondary N) is 2. The SMILES string of the molecule is CC(C)c1ccccc1Nc1ncc(C(F)(F)F)c(NCCCN2CCCCC2=O)n1. The van der Waals surface area contributed by atoms with Crippen LogP contribution in [0, 0.1) is 0 Å². The molecule has 2 N–H and O–H groups in total. The summed E-state index contributed by atoms with van der Waals surface area (Å²) in [6.45, 7) is 5.57. The maximum atomic E-state index is 13.4. The third-order valence-electron chi connectivity index (χ3n) is 5.24. The minimum atomic E-state index is -4.57. The van der Waals surface area contributed by atoms with E-state index in [0.717, 1.165) is 30.3 Å². The molecule has 0 atom stereocenters. The van der Waals surface area contributed by atoms with Gasteiger partial charge in [0.25, 0.3) is 0 Å². The lowest BCUT2D eigenvalue weighted by atomic mass is 10.0. The summed E-state index contributed by atoms with van der Waals surface area (Å²) in [5.74, 6) is 0.166. The van der Waals surface area contributed by atoms with Crippen LogP contribution >= 0.6 is 0 Å². The van der Waals surface area contributed by atoms with Gasteiger partial charge in [0.05, 0.1) is 0 Å². The molecule has 2 heterocycles. The topological polar surface area (TPSA) is 70.2 Å². The summed E-state index contributed by atoms with van der Waals surface area (Å²) in [4.78, 5) is 21.6. The first-order chi connectivity index (χ1) is 14.8. The first kappa shape index (κ1) is 22.8. The van der Waals surface area contributed by atoms with Gasteiger partial charge in [-0.1, -0.05) is 32.0 Å². The average molecular weight is 435 g/mol. The molecule has 3 rings (SSSR count). The number of amides is 1. The first-order valence-corrected chi connectivity index (χ1v) is 10.6. The van der Waals surface area contributed by atoms with Crippen LogP contribution in [0.2, 0.25) is 0 Å². The van der Waals surface area contributed by atoms with Crippen molar-refractivity contribution >= 4 is 23.4 Å². The lowest BCUT2D eigenvalue weighted by Gasteiger charge is -2.26. The van der Waals surface area contributed by atoms with E-state index in [-0.39, 0.29) is 30.1 Å². The highest BCUT2D eigenvalue weighted by atomic mass is 19.4. The van der Waals surface area contributed by atoms with Crippen LogP contribution in [-0.4, -0.2) is 40.4 Å². The van der Waals surface area contributed by atoms with E-state index in [9.17, 15) is 18.0 Å². The summed E-state index contributed by atoms with van der Waals surface area (Å²) in [5, 5.41) is 5.83. The number of piperidine rings is 1. The normalized spacial score (nSPS) is 14.8. The lowest BCUT2D eigenvalue weighted by Crippen LogP contribution is -2.36. The molecule has 0 radical (unpaired) electrons. The van der Waals surface area contributed by atoms with Gasteiger partial charge in [0.1, 0.15) is 11.4 Å². The van der Waals surface area contributed by atoms with Crippen LogP contribution in [0.1, 0.15) is 56.6 Å². The molecule has 6 nitrogen and oxygen atoms in total. The minimum Gasteiger partial charge on any atom is -0.369 e. The van der Waals surface area contributed by atoms with E-state index in [0.29, 0.717) is 25.9 Å². The fourth-order valence-corrected chi connectivity index (χ4v) is 3.59. The van der Waals surface area contributed by atoms with Crippen molar-refractivity contribution < 1.29 is 18.0 Å². The maximum absolute atomic E-state index is 13.4. The van der Waals surface area contributed by atoms with E-state index in [1.807, 2.05) is 38.1 Å². The van der Waals surface area contributed by atoms with Crippen LogP contribution in [-0.2, 0) is 11.0 Å². The monoisotopic (exact) mass is 435 g/mol. The Morgan fingerprint density at radius 2 is 1.97 bits per heavy atom. The Labute approximate surface area is 180 Å². The van der Waals surface area contributed by atoms with E-state index in [2.05, 4.69) is 20.6 Å². The molecule has 0 unspecified atom stereocenters. The number of anilines is 3. The predicted molar refractivity (Wildman–Crippen MR) is 114 cm³/mol. The number of hydrogen-bond donors (Lipinski definition) is 2. The Morgan fingerprint density at radius 1 is 1.19 bits per heavy atom. The standard InChI is InChI=1S/C22H28F3N5O/c1-15(2)16-8-3-4-9-18(16)28-21-27-14-17(22(23,24)25)20(29-21)26-11-7-13-30-12-6-5-10-19(30)31/h3-4,8-9,14-15H,5-7,10-13H2,1-2H3,(H2,26,27,28,29). The molecule has 0 saturated carbocycles. The molecule has 31 heavy (non-hydrogen) atoms. The Morgan fingerprint density at radius 3 is 2.68 bits per heavy atom. The molecule has 0 bridgehead atoms. The van der Waals surface area contributed by atoms with E-state index in [1.165, 1.54) is 0 Å². The molecule has 1 amide bonds. The Bertz CT molecular complexity index is 901. The summed E-state index contributed by atoms with van der Waals surface area (Å²) >= 11 is 0. The molecule has 0 aliphatic carbocycles. The molecule has 0 spiro atoms. The fourth-order valence-electron chi connectivity index (χ4n) is 3.59. The highest BCUT2D eigenvalue weighted by Crippen LogP contribution is 2.34.